The van der Waals surface area contributed by atoms with E-state index in [1.54, 1.807) is 20.1 Å². The van der Waals surface area contributed by atoms with Crippen LogP contribution in [-0.4, -0.2) is 47.9 Å². The summed E-state index contributed by atoms with van der Waals surface area (Å²) in [5.74, 6) is 0.736. The Hall–Kier alpha value is -3.02. The van der Waals surface area contributed by atoms with Crippen LogP contribution < -0.4 is 4.74 Å². The molecular weight excluding hydrogens is 427 g/mol. The van der Waals surface area contributed by atoms with Crippen molar-refractivity contribution in [3.05, 3.63) is 101 Å². The number of methoxy groups -OCH3 is 1. The third kappa shape index (κ3) is 5.21. The summed E-state index contributed by atoms with van der Waals surface area (Å²) in [7, 11) is 1.68. The first kappa shape index (κ1) is 24.1. The Morgan fingerprint density at radius 3 is 2.38 bits per heavy atom. The number of halogens is 1. The SMILES string of the molecule is COc1cccc([C@@H](c2ccc(C(C)=O)cc2)N2C[C@@H](C)N(Cc3ccccc3F)C[C@@H]2C)c1. The molecule has 1 aliphatic heterocycles. The van der Waals surface area contributed by atoms with Gasteiger partial charge in [-0.15, -0.1) is 0 Å². The fourth-order valence-corrected chi connectivity index (χ4v) is 4.94. The van der Waals surface area contributed by atoms with Crippen LogP contribution in [0.15, 0.2) is 72.8 Å². The number of hydrogen-bond acceptors (Lipinski definition) is 4. The zero-order chi connectivity index (χ0) is 24.2. The molecule has 0 saturated carbocycles. The normalized spacial score (nSPS) is 20.1. The van der Waals surface area contributed by atoms with Gasteiger partial charge < -0.3 is 4.74 Å². The highest BCUT2D eigenvalue weighted by Gasteiger charge is 2.35. The molecule has 3 aromatic carbocycles. The standard InChI is InChI=1S/C29H33FN2O2/c1-20-18-32(21(2)17-31(20)19-26-8-5-6-11-28(26)30)29(25-9-7-10-27(16-25)34-4)24-14-12-23(13-15-24)22(3)33/h5-16,20-21,29H,17-19H2,1-4H3/t20-,21+,29-/m1/s1. The van der Waals surface area contributed by atoms with E-state index in [0.29, 0.717) is 12.1 Å². The summed E-state index contributed by atoms with van der Waals surface area (Å²) < 4.78 is 19.8. The van der Waals surface area contributed by atoms with Gasteiger partial charge in [-0.25, -0.2) is 4.39 Å². The molecule has 3 atom stereocenters. The van der Waals surface area contributed by atoms with Gasteiger partial charge in [0, 0.05) is 42.8 Å². The van der Waals surface area contributed by atoms with Crippen molar-refractivity contribution in [1.82, 2.24) is 9.80 Å². The number of rotatable bonds is 7. The van der Waals surface area contributed by atoms with Crippen LogP contribution in [0.25, 0.3) is 0 Å². The van der Waals surface area contributed by atoms with Gasteiger partial charge in [0.05, 0.1) is 13.2 Å². The maximum absolute atomic E-state index is 14.3. The molecule has 1 saturated heterocycles. The lowest BCUT2D eigenvalue weighted by Gasteiger charge is -2.47. The van der Waals surface area contributed by atoms with Gasteiger partial charge in [-0.2, -0.15) is 0 Å². The molecule has 0 aromatic heterocycles. The van der Waals surface area contributed by atoms with Gasteiger partial charge in [0.15, 0.2) is 5.78 Å². The lowest BCUT2D eigenvalue weighted by atomic mass is 9.92. The van der Waals surface area contributed by atoms with Crippen molar-refractivity contribution in [3.63, 3.8) is 0 Å². The second-order valence-electron chi connectivity index (χ2n) is 9.27. The zero-order valence-corrected chi connectivity index (χ0v) is 20.4. The molecule has 178 valence electrons. The molecule has 3 aromatic rings. The van der Waals surface area contributed by atoms with E-state index in [9.17, 15) is 9.18 Å². The summed E-state index contributed by atoms with van der Waals surface area (Å²) in [6.07, 6.45) is 0. The third-order valence-electron chi connectivity index (χ3n) is 6.87. The number of carbonyl (C=O) groups is 1. The van der Waals surface area contributed by atoms with E-state index >= 15 is 0 Å². The first-order valence-corrected chi connectivity index (χ1v) is 11.9. The van der Waals surface area contributed by atoms with Crippen LogP contribution in [0.5, 0.6) is 5.75 Å². The van der Waals surface area contributed by atoms with Crippen molar-refractivity contribution < 1.29 is 13.9 Å². The van der Waals surface area contributed by atoms with Crippen molar-refractivity contribution >= 4 is 5.78 Å². The molecule has 34 heavy (non-hydrogen) atoms. The summed E-state index contributed by atoms with van der Waals surface area (Å²) in [6.45, 7) is 8.31. The summed E-state index contributed by atoms with van der Waals surface area (Å²) >= 11 is 0. The third-order valence-corrected chi connectivity index (χ3v) is 6.87. The van der Waals surface area contributed by atoms with E-state index in [1.165, 1.54) is 6.07 Å². The number of hydrogen-bond donors (Lipinski definition) is 0. The van der Waals surface area contributed by atoms with E-state index in [-0.39, 0.29) is 29.7 Å². The van der Waals surface area contributed by atoms with Crippen molar-refractivity contribution in [2.45, 2.75) is 45.4 Å². The summed E-state index contributed by atoms with van der Waals surface area (Å²) in [6, 6.07) is 23.7. The Labute approximate surface area is 202 Å². The summed E-state index contributed by atoms with van der Waals surface area (Å²) in [5.41, 5.74) is 3.74. The van der Waals surface area contributed by atoms with Gasteiger partial charge >= 0.3 is 0 Å². The maximum atomic E-state index is 14.3. The molecule has 0 aliphatic carbocycles. The molecule has 4 nitrogen and oxygen atoms in total. The smallest absolute Gasteiger partial charge is 0.159 e. The average molecular weight is 461 g/mol. The van der Waals surface area contributed by atoms with Gasteiger partial charge in [0.25, 0.3) is 0 Å². The largest absolute Gasteiger partial charge is 0.497 e. The van der Waals surface area contributed by atoms with Crippen LogP contribution in [0, 0.1) is 5.82 Å². The first-order chi connectivity index (χ1) is 16.4. The Kier molecular flexibility index (Phi) is 7.44. The highest BCUT2D eigenvalue weighted by molar-refractivity contribution is 5.94. The van der Waals surface area contributed by atoms with Gasteiger partial charge in [-0.05, 0) is 50.1 Å². The fourth-order valence-electron chi connectivity index (χ4n) is 4.94. The van der Waals surface area contributed by atoms with Gasteiger partial charge in [0.1, 0.15) is 11.6 Å². The Balaban J connectivity index is 1.64. The second kappa shape index (κ2) is 10.5. The van der Waals surface area contributed by atoms with E-state index in [0.717, 1.165) is 35.5 Å². The van der Waals surface area contributed by atoms with Crippen LogP contribution in [0.1, 0.15) is 53.9 Å². The minimum Gasteiger partial charge on any atom is -0.497 e. The highest BCUT2D eigenvalue weighted by Crippen LogP contribution is 2.35. The molecular formula is C29H33FN2O2. The van der Waals surface area contributed by atoms with Crippen molar-refractivity contribution in [2.24, 2.45) is 0 Å². The number of ketones is 1. The van der Waals surface area contributed by atoms with Crippen LogP contribution >= 0.6 is 0 Å². The van der Waals surface area contributed by atoms with E-state index in [4.69, 9.17) is 4.74 Å². The number of benzene rings is 3. The van der Waals surface area contributed by atoms with Gasteiger partial charge in [-0.3, -0.25) is 14.6 Å². The van der Waals surface area contributed by atoms with Crippen LogP contribution in [-0.2, 0) is 6.54 Å². The molecule has 0 radical (unpaired) electrons. The topological polar surface area (TPSA) is 32.8 Å². The number of piperazine rings is 1. The molecule has 0 unspecified atom stereocenters. The lowest BCUT2D eigenvalue weighted by molar-refractivity contribution is 0.0190. The van der Waals surface area contributed by atoms with Crippen molar-refractivity contribution in [1.29, 1.82) is 0 Å². The number of ether oxygens (including phenoxy) is 1. The Morgan fingerprint density at radius 1 is 0.971 bits per heavy atom. The zero-order valence-electron chi connectivity index (χ0n) is 20.4. The quantitative estimate of drug-likeness (QED) is 0.422. The predicted molar refractivity (Wildman–Crippen MR) is 134 cm³/mol. The van der Waals surface area contributed by atoms with Crippen molar-refractivity contribution in [3.8, 4) is 5.75 Å². The predicted octanol–water partition coefficient (Wildman–Crippen LogP) is 5.72. The Bertz CT molecular complexity index is 1130. The van der Waals surface area contributed by atoms with Gasteiger partial charge in [-0.1, -0.05) is 54.6 Å². The monoisotopic (exact) mass is 460 g/mol. The lowest BCUT2D eigenvalue weighted by Crippen LogP contribution is -2.56. The summed E-state index contributed by atoms with van der Waals surface area (Å²) in [4.78, 5) is 16.7. The molecule has 0 bridgehead atoms. The fraction of sp³-hybridized carbons (Fsp3) is 0.345. The molecule has 0 spiro atoms. The van der Waals surface area contributed by atoms with E-state index in [1.807, 2.05) is 36.4 Å². The molecule has 1 fully saturated rings. The van der Waals surface area contributed by atoms with Crippen LogP contribution in [0.4, 0.5) is 4.39 Å². The average Bonchev–Trinajstić information content (AvgIpc) is 2.84. The van der Waals surface area contributed by atoms with Gasteiger partial charge in [0.2, 0.25) is 0 Å². The first-order valence-electron chi connectivity index (χ1n) is 11.9. The minimum atomic E-state index is -0.149. The number of Topliss-reactive ketones (excluding diaryl/α,β-unsaturated/α-hetero) is 1. The number of nitrogens with zero attached hydrogens (tertiary/aromatic N) is 2. The van der Waals surface area contributed by atoms with Crippen LogP contribution in [0.3, 0.4) is 0 Å². The van der Waals surface area contributed by atoms with E-state index < -0.39 is 0 Å². The highest BCUT2D eigenvalue weighted by atomic mass is 19.1. The maximum Gasteiger partial charge on any atom is 0.159 e. The minimum absolute atomic E-state index is 0.0177. The van der Waals surface area contributed by atoms with Crippen LogP contribution in [0.2, 0.25) is 0 Å². The Morgan fingerprint density at radius 2 is 1.71 bits per heavy atom. The summed E-state index contributed by atoms with van der Waals surface area (Å²) in [5, 5.41) is 0. The second-order valence-corrected chi connectivity index (χ2v) is 9.27. The number of carbonyl (C=O) groups excluding carboxylic acids is 1. The molecule has 1 heterocycles. The van der Waals surface area contributed by atoms with Crippen molar-refractivity contribution in [2.75, 3.05) is 20.2 Å². The molecule has 1 aliphatic rings. The van der Waals surface area contributed by atoms with E-state index in [2.05, 4.69) is 47.9 Å². The molecule has 4 rings (SSSR count). The molecule has 5 heteroatoms. The molecule has 0 amide bonds. The molecule has 0 N–H and O–H groups in total.